The number of ether oxygens (including phenoxy) is 1. The third kappa shape index (κ3) is 6.55. The number of rotatable bonds is 9. The van der Waals surface area contributed by atoms with Crippen LogP contribution < -0.4 is 10.6 Å². The van der Waals surface area contributed by atoms with E-state index in [9.17, 15) is 18.4 Å². The highest BCUT2D eigenvalue weighted by atomic mass is 19.2. The molecule has 1 unspecified atom stereocenters. The Morgan fingerprint density at radius 2 is 2.19 bits per heavy atom. The fraction of sp³-hybridized carbons (Fsp3) is 0.579. The van der Waals surface area contributed by atoms with Gasteiger partial charge in [0.1, 0.15) is 0 Å². The Hall–Kier alpha value is -2.06. The molecule has 0 bridgehead atoms. The fourth-order valence-electron chi connectivity index (χ4n) is 2.93. The van der Waals surface area contributed by atoms with Crippen molar-refractivity contribution in [2.75, 3.05) is 26.2 Å². The Morgan fingerprint density at radius 3 is 2.93 bits per heavy atom. The molecule has 1 aromatic rings. The molecule has 2 amide bonds. The van der Waals surface area contributed by atoms with E-state index < -0.39 is 17.7 Å². The molecule has 0 saturated carbocycles. The van der Waals surface area contributed by atoms with E-state index >= 15 is 0 Å². The third-order valence-electron chi connectivity index (χ3n) is 4.32. The highest BCUT2D eigenvalue weighted by Gasteiger charge is 2.32. The van der Waals surface area contributed by atoms with Crippen LogP contribution >= 0.6 is 0 Å². The van der Waals surface area contributed by atoms with E-state index in [2.05, 4.69) is 10.6 Å². The Morgan fingerprint density at radius 1 is 1.41 bits per heavy atom. The Bertz CT molecular complexity index is 655. The maximum absolute atomic E-state index is 13.9. The zero-order valence-electron chi connectivity index (χ0n) is 15.8. The van der Waals surface area contributed by atoms with Gasteiger partial charge in [0.25, 0.3) is 0 Å². The van der Waals surface area contributed by atoms with E-state index in [1.165, 1.54) is 12.1 Å². The first-order chi connectivity index (χ1) is 12.9. The van der Waals surface area contributed by atoms with Gasteiger partial charge in [0.05, 0.1) is 18.6 Å². The van der Waals surface area contributed by atoms with Gasteiger partial charge in [-0.2, -0.15) is 0 Å². The number of halogens is 2. The van der Waals surface area contributed by atoms with Crippen LogP contribution in [0.4, 0.5) is 8.78 Å². The van der Waals surface area contributed by atoms with Crippen LogP contribution in [-0.4, -0.2) is 55.1 Å². The van der Waals surface area contributed by atoms with Gasteiger partial charge in [-0.15, -0.1) is 0 Å². The molecule has 8 heteroatoms. The zero-order chi connectivity index (χ0) is 19.8. The van der Waals surface area contributed by atoms with E-state index in [4.69, 9.17) is 4.74 Å². The van der Waals surface area contributed by atoms with Crippen LogP contribution in [0.15, 0.2) is 18.2 Å². The first-order valence-electron chi connectivity index (χ1n) is 9.21. The summed E-state index contributed by atoms with van der Waals surface area (Å²) >= 11 is 0. The maximum Gasteiger partial charge on any atom is 0.237 e. The number of nitrogens with zero attached hydrogens (tertiary/aromatic N) is 1. The van der Waals surface area contributed by atoms with Crippen molar-refractivity contribution in [1.82, 2.24) is 15.5 Å². The molecular formula is C19H27F2N3O3. The van der Waals surface area contributed by atoms with Crippen LogP contribution in [0, 0.1) is 11.6 Å². The van der Waals surface area contributed by atoms with Gasteiger partial charge in [0.2, 0.25) is 11.8 Å². The highest BCUT2D eigenvalue weighted by molar-refractivity contribution is 5.88. The molecular weight excluding hydrogens is 356 g/mol. The second-order valence-corrected chi connectivity index (χ2v) is 6.82. The van der Waals surface area contributed by atoms with E-state index in [1.807, 2.05) is 13.8 Å². The van der Waals surface area contributed by atoms with Crippen molar-refractivity contribution >= 4 is 11.8 Å². The van der Waals surface area contributed by atoms with Gasteiger partial charge in [0.15, 0.2) is 11.6 Å². The van der Waals surface area contributed by atoms with Gasteiger partial charge in [-0.3, -0.25) is 14.5 Å². The second-order valence-electron chi connectivity index (χ2n) is 6.82. The molecule has 1 fully saturated rings. The monoisotopic (exact) mass is 383 g/mol. The van der Waals surface area contributed by atoms with Gasteiger partial charge in [-0.05, 0) is 26.3 Å². The molecule has 1 aliphatic rings. The number of piperazine rings is 1. The lowest BCUT2D eigenvalue weighted by molar-refractivity contribution is -0.134. The van der Waals surface area contributed by atoms with Crippen molar-refractivity contribution in [3.8, 4) is 0 Å². The number of carbonyl (C=O) groups is 2. The van der Waals surface area contributed by atoms with Gasteiger partial charge in [-0.1, -0.05) is 12.1 Å². The topological polar surface area (TPSA) is 70.7 Å². The van der Waals surface area contributed by atoms with Crippen LogP contribution in [0.5, 0.6) is 0 Å². The standard InChI is InChI=1S/C19H27F2N3O3/c1-13(2)27-10-4-7-22-17(25)11-16-19(26)23-8-9-24(16)12-14-5-3-6-15(20)18(14)21/h3,5-6,13,16H,4,7-12H2,1-2H3,(H,22,25)(H,23,26). The molecule has 0 aromatic heterocycles. The van der Waals surface area contributed by atoms with Gasteiger partial charge < -0.3 is 15.4 Å². The van der Waals surface area contributed by atoms with Crippen molar-refractivity contribution in [1.29, 1.82) is 0 Å². The minimum absolute atomic E-state index is 0.0339. The first-order valence-corrected chi connectivity index (χ1v) is 9.21. The normalized spacial score (nSPS) is 17.8. The lowest BCUT2D eigenvalue weighted by Crippen LogP contribution is -2.56. The average Bonchev–Trinajstić information content (AvgIpc) is 2.61. The van der Waals surface area contributed by atoms with Crippen LogP contribution in [0.25, 0.3) is 0 Å². The summed E-state index contributed by atoms with van der Waals surface area (Å²) in [5, 5.41) is 5.49. The van der Waals surface area contributed by atoms with Gasteiger partial charge in [0, 0.05) is 38.3 Å². The van der Waals surface area contributed by atoms with E-state index in [0.29, 0.717) is 32.7 Å². The Balaban J connectivity index is 1.90. The predicted octanol–water partition coefficient (Wildman–Crippen LogP) is 1.59. The van der Waals surface area contributed by atoms with E-state index in [-0.39, 0.29) is 36.4 Å². The fourth-order valence-corrected chi connectivity index (χ4v) is 2.93. The summed E-state index contributed by atoms with van der Waals surface area (Å²) in [5.41, 5.74) is 0.168. The molecule has 1 aliphatic heterocycles. The quantitative estimate of drug-likeness (QED) is 0.636. The molecule has 0 radical (unpaired) electrons. The molecule has 27 heavy (non-hydrogen) atoms. The maximum atomic E-state index is 13.9. The number of amides is 2. The van der Waals surface area contributed by atoms with Crippen molar-refractivity contribution in [2.24, 2.45) is 0 Å². The molecule has 2 rings (SSSR count). The van der Waals surface area contributed by atoms with Crippen LogP contribution in [0.3, 0.4) is 0 Å². The van der Waals surface area contributed by atoms with Crippen molar-refractivity contribution in [2.45, 2.75) is 45.4 Å². The smallest absolute Gasteiger partial charge is 0.237 e. The summed E-state index contributed by atoms with van der Waals surface area (Å²) in [6, 6.07) is 3.25. The van der Waals surface area contributed by atoms with E-state index in [0.717, 1.165) is 6.07 Å². The number of hydrogen-bond acceptors (Lipinski definition) is 4. The van der Waals surface area contributed by atoms with Crippen LogP contribution in [-0.2, 0) is 20.9 Å². The summed E-state index contributed by atoms with van der Waals surface area (Å²) in [4.78, 5) is 26.1. The summed E-state index contributed by atoms with van der Waals surface area (Å²) in [5.74, 6) is -2.38. The van der Waals surface area contributed by atoms with Crippen molar-refractivity contribution in [3.05, 3.63) is 35.4 Å². The molecule has 1 saturated heterocycles. The minimum atomic E-state index is -0.924. The Kier molecular flexibility index (Phi) is 8.12. The van der Waals surface area contributed by atoms with Crippen LogP contribution in [0.2, 0.25) is 0 Å². The average molecular weight is 383 g/mol. The highest BCUT2D eigenvalue weighted by Crippen LogP contribution is 2.18. The molecule has 1 heterocycles. The Labute approximate surface area is 158 Å². The third-order valence-corrected chi connectivity index (χ3v) is 4.32. The molecule has 2 N–H and O–H groups in total. The predicted molar refractivity (Wildman–Crippen MR) is 96.9 cm³/mol. The molecule has 6 nitrogen and oxygen atoms in total. The second kappa shape index (κ2) is 10.3. The van der Waals surface area contributed by atoms with Gasteiger partial charge in [-0.25, -0.2) is 8.78 Å². The lowest BCUT2D eigenvalue weighted by Gasteiger charge is -2.34. The lowest BCUT2D eigenvalue weighted by atomic mass is 10.1. The molecule has 1 aromatic carbocycles. The van der Waals surface area contributed by atoms with Crippen molar-refractivity contribution in [3.63, 3.8) is 0 Å². The van der Waals surface area contributed by atoms with Crippen LogP contribution in [0.1, 0.15) is 32.3 Å². The summed E-state index contributed by atoms with van der Waals surface area (Å²) in [7, 11) is 0. The molecule has 1 atom stereocenters. The molecule has 0 aliphatic carbocycles. The van der Waals surface area contributed by atoms with Gasteiger partial charge >= 0.3 is 0 Å². The molecule has 0 spiro atoms. The number of carbonyl (C=O) groups excluding carboxylic acids is 2. The summed E-state index contributed by atoms with van der Waals surface area (Å²) in [6.07, 6.45) is 0.788. The number of hydrogen-bond donors (Lipinski definition) is 2. The number of benzene rings is 1. The van der Waals surface area contributed by atoms with E-state index in [1.54, 1.807) is 4.90 Å². The summed E-state index contributed by atoms with van der Waals surface area (Å²) in [6.45, 7) is 5.82. The minimum Gasteiger partial charge on any atom is -0.379 e. The SMILES string of the molecule is CC(C)OCCCNC(=O)CC1C(=O)NCCN1Cc1cccc(F)c1F. The molecule has 150 valence electrons. The first kappa shape index (κ1) is 21.2. The number of nitrogens with one attached hydrogen (secondary N) is 2. The summed E-state index contributed by atoms with van der Waals surface area (Å²) < 4.78 is 32.8. The van der Waals surface area contributed by atoms with Crippen molar-refractivity contribution < 1.29 is 23.1 Å². The zero-order valence-corrected chi connectivity index (χ0v) is 15.8. The largest absolute Gasteiger partial charge is 0.379 e.